The lowest BCUT2D eigenvalue weighted by atomic mass is 10.5. The van der Waals surface area contributed by atoms with Crippen molar-refractivity contribution in [1.82, 2.24) is 0 Å². The second-order valence-electron chi connectivity index (χ2n) is 0.979. The summed E-state index contributed by atoms with van der Waals surface area (Å²) in [6, 6.07) is 0. The molecule has 0 rings (SSSR count). The number of hydrogen-bond donors (Lipinski definition) is 1. The van der Waals surface area contributed by atoms with Crippen molar-refractivity contribution >= 4 is 5.97 Å². The highest BCUT2D eigenvalue weighted by molar-refractivity contribution is 5.69. The first-order valence-corrected chi connectivity index (χ1v) is 2.04. The number of ether oxygens (including phenoxy) is 1. The van der Waals surface area contributed by atoms with Gasteiger partial charge in [0.25, 0.3) is 0 Å². The maximum Gasteiger partial charge on any atom is 0.307 e. The van der Waals surface area contributed by atoms with Crippen LogP contribution < -0.4 is 5.73 Å². The third kappa shape index (κ3) is 3.26. The number of nitrogens with two attached hydrogens (primary N) is 1. The van der Waals surface area contributed by atoms with Crippen molar-refractivity contribution in [2.75, 3.05) is 0 Å². The van der Waals surface area contributed by atoms with E-state index in [2.05, 4.69) is 4.74 Å². The molecule has 0 atom stereocenters. The van der Waals surface area contributed by atoms with Crippen molar-refractivity contribution in [2.24, 2.45) is 5.73 Å². The van der Waals surface area contributed by atoms with E-state index in [9.17, 15) is 4.79 Å². The van der Waals surface area contributed by atoms with Gasteiger partial charge in [-0.3, -0.25) is 10.5 Å². The zero-order valence-electron chi connectivity index (χ0n) is 4.18. The summed E-state index contributed by atoms with van der Waals surface area (Å²) in [5.74, 6) is -0.303. The second-order valence-corrected chi connectivity index (χ2v) is 0.979. The van der Waals surface area contributed by atoms with Crippen LogP contribution in [0.5, 0.6) is 0 Å². The predicted octanol–water partition coefficient (Wildman–Crippen LogP) is 0.0176. The number of carbonyl (C=O) groups excluding carboxylic acids is 1. The Morgan fingerprint density at radius 2 is 2.57 bits per heavy atom. The van der Waals surface area contributed by atoms with Crippen molar-refractivity contribution < 1.29 is 9.53 Å². The largest absolute Gasteiger partial charge is 0.441 e. The summed E-state index contributed by atoms with van der Waals surface area (Å²) >= 11 is 0. The average molecular weight is 102 g/mol. The summed E-state index contributed by atoms with van der Waals surface area (Å²) in [5, 5.41) is 0. The maximum absolute atomic E-state index is 10.1. The molecule has 3 heteroatoms. The molecule has 1 radical (unpaired) electrons. The first kappa shape index (κ1) is 6.43. The van der Waals surface area contributed by atoms with Gasteiger partial charge in [0.1, 0.15) is 0 Å². The third-order valence-electron chi connectivity index (χ3n) is 0.488. The number of hydrogen-bond acceptors (Lipinski definition) is 3. The lowest BCUT2D eigenvalue weighted by Crippen LogP contribution is -2.04. The highest BCUT2D eigenvalue weighted by Crippen LogP contribution is 1.81. The van der Waals surface area contributed by atoms with Gasteiger partial charge in [0.05, 0.1) is 0 Å². The van der Waals surface area contributed by atoms with Crippen LogP contribution in [-0.2, 0) is 9.53 Å². The molecule has 0 aromatic rings. The maximum atomic E-state index is 10.1. The van der Waals surface area contributed by atoms with Crippen molar-refractivity contribution in [3.63, 3.8) is 0 Å². The predicted molar refractivity (Wildman–Crippen MR) is 24.9 cm³/mol. The number of carbonyl (C=O) groups is 1. The Labute approximate surface area is 42.4 Å². The molecule has 0 aromatic heterocycles. The molecular formula is C4H8NO2. The van der Waals surface area contributed by atoms with Gasteiger partial charge in [-0.2, -0.15) is 0 Å². The van der Waals surface area contributed by atoms with Crippen LogP contribution in [0.15, 0.2) is 0 Å². The van der Waals surface area contributed by atoms with E-state index in [-0.39, 0.29) is 5.97 Å². The number of esters is 1. The van der Waals surface area contributed by atoms with Crippen LogP contribution >= 0.6 is 0 Å². The molecule has 0 aliphatic rings. The van der Waals surface area contributed by atoms with Crippen LogP contribution in [0, 0.1) is 6.73 Å². The minimum absolute atomic E-state index is 0.303. The van der Waals surface area contributed by atoms with Gasteiger partial charge < -0.3 is 4.74 Å². The van der Waals surface area contributed by atoms with Gasteiger partial charge in [-0.1, -0.05) is 6.92 Å². The van der Waals surface area contributed by atoms with Gasteiger partial charge in [0.15, 0.2) is 0 Å². The molecule has 7 heavy (non-hydrogen) atoms. The Bertz CT molecular complexity index is 62.7. The summed E-state index contributed by atoms with van der Waals surface area (Å²) in [4.78, 5) is 10.1. The summed E-state index contributed by atoms with van der Waals surface area (Å²) in [7, 11) is 0. The summed E-state index contributed by atoms with van der Waals surface area (Å²) in [6.07, 6.45) is 0.369. The van der Waals surface area contributed by atoms with Gasteiger partial charge in [-0.25, -0.2) is 0 Å². The minimum Gasteiger partial charge on any atom is -0.441 e. The molecule has 0 heterocycles. The molecule has 0 amide bonds. The van der Waals surface area contributed by atoms with Gasteiger partial charge in [-0.15, -0.1) is 0 Å². The fourth-order valence-corrected chi connectivity index (χ4v) is 0.159. The zero-order valence-corrected chi connectivity index (χ0v) is 4.18. The van der Waals surface area contributed by atoms with Gasteiger partial charge in [0.2, 0.25) is 6.73 Å². The molecule has 0 fully saturated rings. The van der Waals surface area contributed by atoms with Gasteiger partial charge >= 0.3 is 5.97 Å². The second kappa shape index (κ2) is 3.61. The molecule has 3 nitrogen and oxygen atoms in total. The molecule has 2 N–H and O–H groups in total. The Kier molecular flexibility index (Phi) is 3.32. The first-order valence-electron chi connectivity index (χ1n) is 2.04. The summed E-state index contributed by atoms with van der Waals surface area (Å²) < 4.78 is 4.20. The Morgan fingerprint density at radius 1 is 2.00 bits per heavy atom. The smallest absolute Gasteiger partial charge is 0.307 e. The molecule has 0 unspecified atom stereocenters. The molecule has 0 saturated heterocycles. The van der Waals surface area contributed by atoms with E-state index >= 15 is 0 Å². The minimum atomic E-state index is -0.303. The molecule has 0 saturated carbocycles. The topological polar surface area (TPSA) is 52.3 Å². The van der Waals surface area contributed by atoms with Crippen LogP contribution in [0.3, 0.4) is 0 Å². The van der Waals surface area contributed by atoms with Crippen LogP contribution in [0.4, 0.5) is 0 Å². The molecule has 0 spiro atoms. The van der Waals surface area contributed by atoms with Gasteiger partial charge in [0, 0.05) is 6.42 Å². The van der Waals surface area contributed by atoms with Crippen LogP contribution in [-0.4, -0.2) is 5.97 Å². The third-order valence-corrected chi connectivity index (χ3v) is 0.488. The Morgan fingerprint density at radius 3 is 2.71 bits per heavy atom. The van der Waals surface area contributed by atoms with Crippen LogP contribution in [0.1, 0.15) is 13.3 Å². The zero-order chi connectivity index (χ0) is 5.70. The quantitative estimate of drug-likeness (QED) is 0.500. The molecule has 41 valence electrons. The monoisotopic (exact) mass is 102 g/mol. The lowest BCUT2D eigenvalue weighted by Gasteiger charge is -1.92. The van der Waals surface area contributed by atoms with Crippen molar-refractivity contribution in [1.29, 1.82) is 0 Å². The van der Waals surface area contributed by atoms with E-state index in [1.807, 2.05) is 0 Å². The highest BCUT2D eigenvalue weighted by atomic mass is 16.5. The SMILES string of the molecule is CCC(=O)O[CH]N. The van der Waals surface area contributed by atoms with E-state index in [4.69, 9.17) is 5.73 Å². The van der Waals surface area contributed by atoms with Crippen molar-refractivity contribution in [2.45, 2.75) is 13.3 Å². The Hall–Kier alpha value is -0.570. The van der Waals surface area contributed by atoms with Crippen molar-refractivity contribution in [3.8, 4) is 0 Å². The molecule has 0 aliphatic heterocycles. The molecular weight excluding hydrogens is 94.0 g/mol. The van der Waals surface area contributed by atoms with Crippen LogP contribution in [0.25, 0.3) is 0 Å². The van der Waals surface area contributed by atoms with E-state index in [0.717, 1.165) is 6.73 Å². The van der Waals surface area contributed by atoms with Crippen molar-refractivity contribution in [3.05, 3.63) is 6.73 Å². The van der Waals surface area contributed by atoms with E-state index in [1.165, 1.54) is 0 Å². The van der Waals surface area contributed by atoms with Crippen LogP contribution in [0.2, 0.25) is 0 Å². The van der Waals surface area contributed by atoms with Gasteiger partial charge in [-0.05, 0) is 0 Å². The fourth-order valence-electron chi connectivity index (χ4n) is 0.159. The number of rotatable bonds is 2. The summed E-state index contributed by atoms with van der Waals surface area (Å²) in [6.45, 7) is 2.58. The lowest BCUT2D eigenvalue weighted by molar-refractivity contribution is -0.139. The Balaban J connectivity index is 3.00. The first-order chi connectivity index (χ1) is 3.31. The van der Waals surface area contributed by atoms with E-state index < -0.39 is 0 Å². The van der Waals surface area contributed by atoms with E-state index in [1.54, 1.807) is 6.92 Å². The fraction of sp³-hybridized carbons (Fsp3) is 0.500. The normalized spacial score (nSPS) is 8.29. The highest BCUT2D eigenvalue weighted by Gasteiger charge is 1.92. The standard InChI is InChI=1S/C4H8NO2/c1-2-4(6)7-3-5/h3H,2,5H2,1H3. The molecule has 0 aromatic carbocycles. The molecule has 0 aliphatic carbocycles. The molecule has 0 bridgehead atoms. The average Bonchev–Trinajstić information content (AvgIpc) is 1.68. The summed E-state index contributed by atoms with van der Waals surface area (Å²) in [5.41, 5.74) is 4.74. The van der Waals surface area contributed by atoms with E-state index in [0.29, 0.717) is 6.42 Å².